The van der Waals surface area contributed by atoms with Crippen molar-refractivity contribution in [2.75, 3.05) is 26.2 Å². The number of nitrogens with zero attached hydrogens (tertiary/aromatic N) is 1. The third-order valence-electron chi connectivity index (χ3n) is 4.28. The molecule has 0 bridgehead atoms. The van der Waals surface area contributed by atoms with E-state index in [9.17, 15) is 4.79 Å². The first-order chi connectivity index (χ1) is 9.19. The number of carbonyl (C=O) groups excluding carboxylic acids is 1. The summed E-state index contributed by atoms with van der Waals surface area (Å²) in [4.78, 5) is 14.2. The number of likely N-dealkylation sites (tertiary alicyclic amines) is 1. The first kappa shape index (κ1) is 14.8. The molecule has 0 radical (unpaired) electrons. The van der Waals surface area contributed by atoms with Crippen molar-refractivity contribution in [2.45, 2.75) is 58.0 Å². The third kappa shape index (κ3) is 5.11. The van der Waals surface area contributed by atoms with Crippen LogP contribution in [0.5, 0.6) is 0 Å². The first-order valence-electron chi connectivity index (χ1n) is 7.94. The van der Waals surface area contributed by atoms with Crippen molar-refractivity contribution in [1.29, 1.82) is 0 Å². The second-order valence-electron chi connectivity index (χ2n) is 6.22. The number of amides is 1. The Morgan fingerprint density at radius 1 is 1.37 bits per heavy atom. The van der Waals surface area contributed by atoms with Gasteiger partial charge in [-0.15, -0.1) is 0 Å². The van der Waals surface area contributed by atoms with Crippen LogP contribution < -0.4 is 10.6 Å². The van der Waals surface area contributed by atoms with Gasteiger partial charge in [-0.05, 0) is 58.0 Å². The summed E-state index contributed by atoms with van der Waals surface area (Å²) in [6, 6.07) is 1.05. The molecule has 2 N–H and O–H groups in total. The molecule has 110 valence electrons. The van der Waals surface area contributed by atoms with Gasteiger partial charge in [-0.25, -0.2) is 0 Å². The molecule has 0 aromatic heterocycles. The SMILES string of the molecule is CCCNC(C)C1CCCN(CC(=O)NC2CC2)C1. The summed E-state index contributed by atoms with van der Waals surface area (Å²) in [5.41, 5.74) is 0. The molecule has 2 atom stereocenters. The molecule has 2 unspecified atom stereocenters. The molecule has 1 saturated heterocycles. The van der Waals surface area contributed by atoms with E-state index in [0.29, 0.717) is 24.5 Å². The Labute approximate surface area is 117 Å². The molecule has 0 aromatic carbocycles. The molecule has 1 heterocycles. The van der Waals surface area contributed by atoms with Gasteiger partial charge >= 0.3 is 0 Å². The van der Waals surface area contributed by atoms with Crippen molar-refractivity contribution in [3.63, 3.8) is 0 Å². The Hall–Kier alpha value is -0.610. The van der Waals surface area contributed by atoms with E-state index in [1.165, 1.54) is 32.1 Å². The van der Waals surface area contributed by atoms with Gasteiger partial charge in [0.05, 0.1) is 6.54 Å². The molecule has 2 aliphatic rings. The number of hydrogen-bond acceptors (Lipinski definition) is 3. The maximum absolute atomic E-state index is 11.8. The molecule has 2 rings (SSSR count). The number of nitrogens with one attached hydrogen (secondary N) is 2. The van der Waals surface area contributed by atoms with E-state index < -0.39 is 0 Å². The molecular formula is C15H29N3O. The summed E-state index contributed by atoms with van der Waals surface area (Å²) < 4.78 is 0. The van der Waals surface area contributed by atoms with E-state index in [4.69, 9.17) is 0 Å². The van der Waals surface area contributed by atoms with Crippen LogP contribution in [0.3, 0.4) is 0 Å². The van der Waals surface area contributed by atoms with Crippen LogP contribution in [0.2, 0.25) is 0 Å². The second-order valence-corrected chi connectivity index (χ2v) is 6.22. The van der Waals surface area contributed by atoms with Crippen LogP contribution in [0, 0.1) is 5.92 Å². The van der Waals surface area contributed by atoms with Crippen molar-refractivity contribution in [1.82, 2.24) is 15.5 Å². The minimum atomic E-state index is 0.220. The van der Waals surface area contributed by atoms with Crippen LogP contribution in [-0.2, 0) is 4.79 Å². The van der Waals surface area contributed by atoms with Gasteiger partial charge in [-0.2, -0.15) is 0 Å². The van der Waals surface area contributed by atoms with Crippen molar-refractivity contribution in [3.05, 3.63) is 0 Å². The minimum Gasteiger partial charge on any atom is -0.352 e. The lowest BCUT2D eigenvalue weighted by Crippen LogP contribution is -2.47. The Morgan fingerprint density at radius 3 is 2.84 bits per heavy atom. The maximum Gasteiger partial charge on any atom is 0.234 e. The Morgan fingerprint density at radius 2 is 2.16 bits per heavy atom. The molecule has 2 fully saturated rings. The molecule has 0 aromatic rings. The predicted molar refractivity (Wildman–Crippen MR) is 78.1 cm³/mol. The molecule has 4 nitrogen and oxygen atoms in total. The average molecular weight is 267 g/mol. The number of hydrogen-bond donors (Lipinski definition) is 2. The molecule has 1 saturated carbocycles. The van der Waals surface area contributed by atoms with Crippen LogP contribution >= 0.6 is 0 Å². The van der Waals surface area contributed by atoms with Gasteiger partial charge in [-0.3, -0.25) is 9.69 Å². The normalized spacial score (nSPS) is 26.1. The van der Waals surface area contributed by atoms with Crippen molar-refractivity contribution >= 4 is 5.91 Å². The van der Waals surface area contributed by atoms with Gasteiger partial charge in [0.1, 0.15) is 0 Å². The number of rotatable bonds is 7. The molecule has 1 aliphatic carbocycles. The van der Waals surface area contributed by atoms with Gasteiger partial charge in [0.2, 0.25) is 5.91 Å². The quantitative estimate of drug-likeness (QED) is 0.732. The van der Waals surface area contributed by atoms with E-state index in [2.05, 4.69) is 29.4 Å². The Kier molecular flexibility index (Phi) is 5.64. The Balaban J connectivity index is 1.71. The standard InChI is InChI=1S/C15H29N3O/c1-3-8-16-12(2)13-5-4-9-18(10-13)11-15(19)17-14-6-7-14/h12-14,16H,3-11H2,1-2H3,(H,17,19). The molecule has 1 aliphatic heterocycles. The largest absolute Gasteiger partial charge is 0.352 e. The number of carbonyl (C=O) groups is 1. The van der Waals surface area contributed by atoms with E-state index in [1.54, 1.807) is 0 Å². The zero-order valence-electron chi connectivity index (χ0n) is 12.5. The zero-order chi connectivity index (χ0) is 13.7. The lowest BCUT2D eigenvalue weighted by atomic mass is 9.91. The Bertz CT molecular complexity index is 291. The van der Waals surface area contributed by atoms with E-state index in [-0.39, 0.29) is 5.91 Å². The van der Waals surface area contributed by atoms with Crippen LogP contribution in [0.25, 0.3) is 0 Å². The van der Waals surface area contributed by atoms with Gasteiger partial charge in [0.25, 0.3) is 0 Å². The van der Waals surface area contributed by atoms with E-state index in [0.717, 1.165) is 19.6 Å². The average Bonchev–Trinajstić information content (AvgIpc) is 3.20. The monoisotopic (exact) mass is 267 g/mol. The fraction of sp³-hybridized carbons (Fsp3) is 0.933. The van der Waals surface area contributed by atoms with Crippen LogP contribution in [0.15, 0.2) is 0 Å². The third-order valence-corrected chi connectivity index (χ3v) is 4.28. The maximum atomic E-state index is 11.8. The predicted octanol–water partition coefficient (Wildman–Crippen LogP) is 1.37. The van der Waals surface area contributed by atoms with E-state index in [1.807, 2.05) is 0 Å². The fourth-order valence-corrected chi connectivity index (χ4v) is 2.89. The van der Waals surface area contributed by atoms with Crippen LogP contribution in [0.1, 0.15) is 46.0 Å². The van der Waals surface area contributed by atoms with Crippen LogP contribution in [0.4, 0.5) is 0 Å². The highest BCUT2D eigenvalue weighted by Crippen LogP contribution is 2.21. The summed E-state index contributed by atoms with van der Waals surface area (Å²) in [5, 5.41) is 6.67. The lowest BCUT2D eigenvalue weighted by molar-refractivity contribution is -0.122. The summed E-state index contributed by atoms with van der Waals surface area (Å²) in [6.07, 6.45) is 6.04. The molecular weight excluding hydrogens is 238 g/mol. The van der Waals surface area contributed by atoms with Crippen molar-refractivity contribution in [3.8, 4) is 0 Å². The highest BCUT2D eigenvalue weighted by atomic mass is 16.2. The van der Waals surface area contributed by atoms with Crippen molar-refractivity contribution < 1.29 is 4.79 Å². The summed E-state index contributed by atoms with van der Waals surface area (Å²) in [6.45, 7) is 8.32. The highest BCUT2D eigenvalue weighted by molar-refractivity contribution is 5.78. The summed E-state index contributed by atoms with van der Waals surface area (Å²) >= 11 is 0. The fourth-order valence-electron chi connectivity index (χ4n) is 2.89. The lowest BCUT2D eigenvalue weighted by Gasteiger charge is -2.35. The number of piperidine rings is 1. The highest BCUT2D eigenvalue weighted by Gasteiger charge is 2.27. The van der Waals surface area contributed by atoms with Crippen LogP contribution in [-0.4, -0.2) is 49.1 Å². The summed E-state index contributed by atoms with van der Waals surface area (Å²) in [5.74, 6) is 0.909. The topological polar surface area (TPSA) is 44.4 Å². The summed E-state index contributed by atoms with van der Waals surface area (Å²) in [7, 11) is 0. The minimum absolute atomic E-state index is 0.220. The molecule has 19 heavy (non-hydrogen) atoms. The van der Waals surface area contributed by atoms with Crippen molar-refractivity contribution in [2.24, 2.45) is 5.92 Å². The van der Waals surface area contributed by atoms with Gasteiger partial charge in [-0.1, -0.05) is 6.92 Å². The molecule has 0 spiro atoms. The molecule has 4 heteroatoms. The van der Waals surface area contributed by atoms with E-state index >= 15 is 0 Å². The second kappa shape index (κ2) is 7.25. The van der Waals surface area contributed by atoms with Gasteiger partial charge in [0.15, 0.2) is 0 Å². The van der Waals surface area contributed by atoms with Gasteiger partial charge in [0, 0.05) is 18.6 Å². The zero-order valence-corrected chi connectivity index (χ0v) is 12.5. The smallest absolute Gasteiger partial charge is 0.234 e. The molecule has 1 amide bonds. The van der Waals surface area contributed by atoms with Gasteiger partial charge < -0.3 is 10.6 Å². The first-order valence-corrected chi connectivity index (χ1v) is 7.94.